The fourth-order valence-electron chi connectivity index (χ4n) is 8.72. The highest BCUT2D eigenvalue weighted by molar-refractivity contribution is 7.86. The molecule has 0 unspecified atom stereocenters. The SMILES string of the molecule is CC1(C)C(=CC=C2CCCC(C=CC3=[N+](CCCCS(=O)(=O)O)c4ccc(S(=O)(=O)[O-])cc4C3(C)C)=C2Oc2ccc(S(=O)(=O)O)cc2)N(CCCCS(=O)(=O)O)c2ccc(S(=O)(=O)O)cc21. The standard InChI is InChI=1S/C44H52N2O16S5/c1-43(2)36-28-34(66(56,57)58)18-20-38(36)45(24-5-7-26-63(47,48)49)40(43)22-12-30-10-9-11-31(42(30)62-32-14-16-33(17-15-32)65(53,54)55)13-23-41-44(3,4)37-29-35(67(59,60)61)19-21-39(37)46(41)25-6-8-27-64(50,51)52/h12-23,28-29H,5-11,24-27H2,1-4H3,(H4-,47,48,49,50,51,52,53,54,55,56,57,58,59,60,61). The summed E-state index contributed by atoms with van der Waals surface area (Å²) in [5.74, 6) is -0.338. The highest BCUT2D eigenvalue weighted by Gasteiger charge is 2.45. The molecule has 3 aromatic rings. The smallest absolute Gasteiger partial charge is 0.294 e. The van der Waals surface area contributed by atoms with Gasteiger partial charge >= 0.3 is 0 Å². The number of anilines is 1. The Kier molecular flexibility index (Phi) is 14.8. The predicted octanol–water partition coefficient (Wildman–Crippen LogP) is 6.48. The number of fused-ring (bicyclic) bond motifs is 2. The molecule has 0 fully saturated rings. The van der Waals surface area contributed by atoms with Crippen molar-refractivity contribution in [3.63, 3.8) is 0 Å². The summed E-state index contributed by atoms with van der Waals surface area (Å²) in [6.07, 6.45) is 9.76. The lowest BCUT2D eigenvalue weighted by atomic mass is 9.81. The molecule has 364 valence electrons. The van der Waals surface area contributed by atoms with E-state index in [9.17, 15) is 64.9 Å². The van der Waals surface area contributed by atoms with Crippen LogP contribution in [0.25, 0.3) is 0 Å². The van der Waals surface area contributed by atoms with Crippen molar-refractivity contribution in [2.75, 3.05) is 29.5 Å². The van der Waals surface area contributed by atoms with E-state index in [2.05, 4.69) is 0 Å². The van der Waals surface area contributed by atoms with Crippen LogP contribution in [0.1, 0.15) is 83.8 Å². The summed E-state index contributed by atoms with van der Waals surface area (Å²) in [4.78, 5) is 0.816. The molecule has 4 N–H and O–H groups in total. The van der Waals surface area contributed by atoms with Gasteiger partial charge in [-0.1, -0.05) is 19.9 Å². The van der Waals surface area contributed by atoms with Crippen molar-refractivity contribution in [2.24, 2.45) is 0 Å². The van der Waals surface area contributed by atoms with Crippen LogP contribution in [0.15, 0.2) is 122 Å². The van der Waals surface area contributed by atoms with Gasteiger partial charge in [0.1, 0.15) is 28.2 Å². The van der Waals surface area contributed by atoms with E-state index in [0.29, 0.717) is 82.9 Å². The van der Waals surface area contributed by atoms with Gasteiger partial charge in [0, 0.05) is 47.5 Å². The molecule has 0 atom stereocenters. The van der Waals surface area contributed by atoms with Crippen LogP contribution in [0.5, 0.6) is 5.75 Å². The maximum atomic E-state index is 12.2. The normalized spacial score (nSPS) is 18.9. The van der Waals surface area contributed by atoms with Gasteiger partial charge < -0.3 is 14.2 Å². The number of benzene rings is 3. The molecule has 3 aliphatic rings. The third-order valence-corrected chi connectivity index (χ3v) is 16.2. The molecular formula is C44H52N2O16S5. The Morgan fingerprint density at radius 2 is 1.25 bits per heavy atom. The Bertz CT molecular complexity index is 3200. The summed E-state index contributed by atoms with van der Waals surface area (Å²) in [6, 6.07) is 13.4. The topological polar surface area (TPSA) is 290 Å². The molecule has 23 heteroatoms. The summed E-state index contributed by atoms with van der Waals surface area (Å²) >= 11 is 0. The van der Waals surface area contributed by atoms with E-state index in [4.69, 9.17) is 4.74 Å². The molecule has 0 bridgehead atoms. The average Bonchev–Trinajstić information content (AvgIpc) is 3.55. The van der Waals surface area contributed by atoms with Crippen molar-refractivity contribution in [3.8, 4) is 5.75 Å². The van der Waals surface area contributed by atoms with Crippen molar-refractivity contribution in [2.45, 2.75) is 98.2 Å². The van der Waals surface area contributed by atoms with Gasteiger partial charge in [-0.2, -0.15) is 38.2 Å². The maximum Gasteiger partial charge on any atom is 0.294 e. The van der Waals surface area contributed by atoms with Crippen LogP contribution < -0.4 is 9.64 Å². The lowest BCUT2D eigenvalue weighted by Gasteiger charge is -2.27. The number of nitrogens with zero attached hydrogens (tertiary/aromatic N) is 2. The minimum absolute atomic E-state index is 0.115. The molecule has 2 aliphatic heterocycles. The minimum Gasteiger partial charge on any atom is -0.744 e. The summed E-state index contributed by atoms with van der Waals surface area (Å²) in [7, 11) is -22.4. The number of ether oxygens (including phenoxy) is 1. The molecule has 0 aromatic heterocycles. The third-order valence-electron chi connectivity index (χ3n) is 12.1. The van der Waals surface area contributed by atoms with Crippen LogP contribution >= 0.6 is 0 Å². The van der Waals surface area contributed by atoms with Gasteiger partial charge in [-0.05, 0) is 136 Å². The molecule has 1 aliphatic carbocycles. The average molecular weight is 1030 g/mol. The van der Waals surface area contributed by atoms with E-state index < -0.39 is 77.8 Å². The molecule has 2 heterocycles. The van der Waals surface area contributed by atoms with Gasteiger partial charge in [-0.25, -0.2) is 8.42 Å². The zero-order valence-electron chi connectivity index (χ0n) is 37.0. The van der Waals surface area contributed by atoms with Crippen molar-refractivity contribution >= 4 is 67.7 Å². The molecule has 3 aromatic carbocycles. The number of allylic oxidation sites excluding steroid dienone is 7. The Labute approximate surface area is 391 Å². The molecule has 0 amide bonds. The molecule has 18 nitrogen and oxygen atoms in total. The Hall–Kier alpha value is -4.56. The van der Waals surface area contributed by atoms with Gasteiger partial charge in [0.2, 0.25) is 5.69 Å². The minimum atomic E-state index is -4.83. The summed E-state index contributed by atoms with van der Waals surface area (Å²) < 4.78 is 177. The van der Waals surface area contributed by atoms with Gasteiger partial charge in [-0.3, -0.25) is 18.2 Å². The summed E-state index contributed by atoms with van der Waals surface area (Å²) in [5.41, 5.74) is 3.24. The molecule has 67 heavy (non-hydrogen) atoms. The second-order valence-corrected chi connectivity index (χ2v) is 24.9. The lowest BCUT2D eigenvalue weighted by Crippen LogP contribution is -2.28. The Morgan fingerprint density at radius 3 is 1.85 bits per heavy atom. The molecular weight excluding hydrogens is 973 g/mol. The largest absolute Gasteiger partial charge is 0.744 e. The van der Waals surface area contributed by atoms with Crippen molar-refractivity contribution < 1.29 is 74.2 Å². The van der Waals surface area contributed by atoms with Gasteiger partial charge in [0.25, 0.3) is 40.5 Å². The summed E-state index contributed by atoms with van der Waals surface area (Å²) in [6.45, 7) is 7.95. The van der Waals surface area contributed by atoms with Crippen LogP contribution in [0.4, 0.5) is 11.4 Å². The highest BCUT2D eigenvalue weighted by Crippen LogP contribution is 2.49. The van der Waals surface area contributed by atoms with Gasteiger partial charge in [0.15, 0.2) is 5.71 Å². The monoisotopic (exact) mass is 1020 g/mol. The Balaban J connectivity index is 1.49. The van der Waals surface area contributed by atoms with E-state index >= 15 is 0 Å². The first-order valence-corrected chi connectivity index (χ1v) is 28.5. The quantitative estimate of drug-likeness (QED) is 0.0602. The van der Waals surface area contributed by atoms with Crippen LogP contribution in [-0.2, 0) is 61.4 Å². The Morgan fingerprint density at radius 1 is 0.672 bits per heavy atom. The molecule has 0 saturated heterocycles. The zero-order valence-corrected chi connectivity index (χ0v) is 41.1. The molecule has 0 radical (unpaired) electrons. The molecule has 0 spiro atoms. The number of unbranched alkanes of at least 4 members (excludes halogenated alkanes) is 2. The van der Waals surface area contributed by atoms with E-state index in [1.54, 1.807) is 6.07 Å². The number of hydrogen-bond donors (Lipinski definition) is 4. The van der Waals surface area contributed by atoms with Crippen molar-refractivity contribution in [1.82, 2.24) is 0 Å². The van der Waals surface area contributed by atoms with E-state index in [1.165, 1.54) is 54.6 Å². The molecule has 0 saturated carbocycles. The first-order valence-electron chi connectivity index (χ1n) is 21.0. The van der Waals surface area contributed by atoms with E-state index in [-0.39, 0.29) is 41.5 Å². The predicted molar refractivity (Wildman–Crippen MR) is 248 cm³/mol. The van der Waals surface area contributed by atoms with Crippen molar-refractivity contribution in [1.29, 1.82) is 0 Å². The first kappa shape index (κ1) is 51.8. The third kappa shape index (κ3) is 12.2. The van der Waals surface area contributed by atoms with Crippen molar-refractivity contribution in [3.05, 3.63) is 119 Å². The van der Waals surface area contributed by atoms with Crippen LogP contribution in [0, 0.1) is 0 Å². The van der Waals surface area contributed by atoms with Crippen LogP contribution in [0.3, 0.4) is 0 Å². The second kappa shape index (κ2) is 19.1. The lowest BCUT2D eigenvalue weighted by molar-refractivity contribution is -0.438. The van der Waals surface area contributed by atoms with E-state index in [0.717, 1.165) is 0 Å². The highest BCUT2D eigenvalue weighted by atomic mass is 32.2. The van der Waals surface area contributed by atoms with Gasteiger partial charge in [-0.15, -0.1) is 0 Å². The molecule has 6 rings (SSSR count). The maximum absolute atomic E-state index is 12.2. The van der Waals surface area contributed by atoms with Gasteiger partial charge in [0.05, 0.1) is 31.6 Å². The first-order chi connectivity index (χ1) is 30.9. The fourth-order valence-corrected chi connectivity index (χ4v) is 11.3. The number of hydrogen-bond acceptors (Lipinski definition) is 13. The number of rotatable bonds is 18. The van der Waals surface area contributed by atoms with Crippen LogP contribution in [-0.4, -0.2) is 99.7 Å². The van der Waals surface area contributed by atoms with E-state index in [1.807, 2.05) is 61.5 Å². The zero-order chi connectivity index (χ0) is 49.5. The summed E-state index contributed by atoms with van der Waals surface area (Å²) in [5, 5.41) is 0. The second-order valence-electron chi connectivity index (χ2n) is 17.5. The fraction of sp³-hybridized carbons (Fsp3) is 0.386. The van der Waals surface area contributed by atoms with Crippen LogP contribution in [0.2, 0.25) is 0 Å².